The molecule has 101 heavy (non-hydrogen) atoms. The second-order valence-corrected chi connectivity index (χ2v) is 39.3. The molecular weight excluding hydrogens is 1260 g/mol. The van der Waals surface area contributed by atoms with Crippen LogP contribution in [0.5, 0.6) is 23.0 Å². The smallest absolute Gasteiger partial charge is 0.505 e. The zero-order chi connectivity index (χ0) is 73.3. The van der Waals surface area contributed by atoms with Gasteiger partial charge in [0.25, 0.3) is 0 Å². The van der Waals surface area contributed by atoms with Crippen molar-refractivity contribution >= 4 is 62.5 Å². The molecule has 2 aromatic heterocycles. The fourth-order valence-electron chi connectivity index (χ4n) is 15.7. The van der Waals surface area contributed by atoms with E-state index in [-0.39, 0.29) is 55.5 Å². The van der Waals surface area contributed by atoms with Gasteiger partial charge in [0.2, 0.25) is 0 Å². The Morgan fingerprint density at radius 1 is 0.317 bits per heavy atom. The summed E-state index contributed by atoms with van der Waals surface area (Å²) in [7, 11) is -4.37. The molecular formula is C92H104F2N2O4Si. The van der Waals surface area contributed by atoms with Crippen molar-refractivity contribution in [3.05, 3.63) is 239 Å². The van der Waals surface area contributed by atoms with E-state index in [0.717, 1.165) is 67.6 Å². The van der Waals surface area contributed by atoms with E-state index in [1.165, 1.54) is 46.5 Å². The first kappa shape index (κ1) is 71.9. The van der Waals surface area contributed by atoms with E-state index >= 15 is 8.78 Å². The van der Waals surface area contributed by atoms with Gasteiger partial charge < -0.3 is 28.2 Å². The van der Waals surface area contributed by atoms with Gasteiger partial charge in [0, 0.05) is 54.2 Å². The number of hydrogen-bond donors (Lipinski definition) is 2. The lowest BCUT2D eigenvalue weighted by Crippen LogP contribution is -2.68. The molecule has 12 aromatic rings. The number of phenolic OH excluding ortho intramolecular Hbond substituents is 2. The van der Waals surface area contributed by atoms with Crippen molar-refractivity contribution in [1.82, 2.24) is 9.13 Å². The molecule has 2 N–H and O–H groups in total. The number of phenols is 2. The molecule has 0 saturated carbocycles. The van der Waals surface area contributed by atoms with Crippen LogP contribution in [-0.2, 0) is 32.5 Å². The van der Waals surface area contributed by atoms with E-state index < -0.39 is 31.0 Å². The van der Waals surface area contributed by atoms with E-state index in [1.807, 2.05) is 72.8 Å². The summed E-state index contributed by atoms with van der Waals surface area (Å²) < 4.78 is 54.1. The van der Waals surface area contributed by atoms with Crippen LogP contribution in [-0.4, -0.2) is 27.9 Å². The number of aromatic hydroxyl groups is 2. The maximum Gasteiger partial charge on any atom is 0.531 e. The Hall–Kier alpha value is -8.92. The number of halogens is 2. The number of nitrogens with zero attached hydrogens (tertiary/aromatic N) is 2. The van der Waals surface area contributed by atoms with E-state index in [4.69, 9.17) is 8.85 Å². The molecule has 0 saturated heterocycles. The normalized spacial score (nSPS) is 13.3. The van der Waals surface area contributed by atoms with Gasteiger partial charge in [0.05, 0.1) is 33.4 Å². The van der Waals surface area contributed by atoms with Crippen molar-refractivity contribution in [2.45, 2.75) is 198 Å². The Bertz CT molecular complexity index is 4700. The van der Waals surface area contributed by atoms with E-state index in [0.29, 0.717) is 44.0 Å². The van der Waals surface area contributed by atoms with Gasteiger partial charge in [0.1, 0.15) is 34.6 Å². The first-order chi connectivity index (χ1) is 46.9. The number of fused-ring (bicyclic) bond motifs is 6. The van der Waals surface area contributed by atoms with E-state index in [1.54, 1.807) is 12.1 Å². The molecule has 10 aromatic carbocycles. The predicted molar refractivity (Wildman–Crippen MR) is 424 cm³/mol. The third-order valence-electron chi connectivity index (χ3n) is 20.4. The average Bonchev–Trinajstić information content (AvgIpc) is 1.65. The Balaban J connectivity index is 1.12. The molecule has 0 aliphatic heterocycles. The number of benzene rings is 10. The second-order valence-electron chi connectivity index (χ2n) is 36.5. The minimum Gasteiger partial charge on any atom is -0.505 e. The van der Waals surface area contributed by atoms with Gasteiger partial charge in [-0.1, -0.05) is 237 Å². The summed E-state index contributed by atoms with van der Waals surface area (Å²) in [5, 5.41) is 33.0. The maximum atomic E-state index is 16.9. The van der Waals surface area contributed by atoms with Crippen molar-refractivity contribution < 1.29 is 27.8 Å². The quantitative estimate of drug-likeness (QED) is 0.106. The highest BCUT2D eigenvalue weighted by atomic mass is 28.4. The van der Waals surface area contributed by atoms with Crippen molar-refractivity contribution in [3.8, 4) is 56.6 Å². The summed E-state index contributed by atoms with van der Waals surface area (Å²) in [6, 6.07) is 63.5. The fourth-order valence-corrected chi connectivity index (χ4v) is 18.8. The lowest BCUT2D eigenvalue weighted by atomic mass is 9.71. The highest BCUT2D eigenvalue weighted by Crippen LogP contribution is 2.51. The van der Waals surface area contributed by atoms with Crippen LogP contribution < -0.4 is 19.2 Å². The minimum atomic E-state index is -4.37. The summed E-state index contributed by atoms with van der Waals surface area (Å²) in [4.78, 5) is 0. The summed E-state index contributed by atoms with van der Waals surface area (Å²) in [6.45, 7) is 49.2. The van der Waals surface area contributed by atoms with Crippen molar-refractivity contribution in [3.63, 3.8) is 0 Å². The zero-order valence-electron chi connectivity index (χ0n) is 63.8. The highest BCUT2D eigenvalue weighted by Gasteiger charge is 2.49. The van der Waals surface area contributed by atoms with Crippen LogP contribution >= 0.6 is 0 Å². The SMILES string of the molecule is CC(C)(C)CC(C)(C)c1cc(-c2cc(F)ccc2O[Si](Oc2ccc(F)cc2-c2cc(C(C)(C)CC(C)(C)C)cc(-n3c4ccc(C(C)(C)C)cc4c4cc(C(C)(C)C)ccc43)c2O)(c2ccccc2)c2ccccc2)c(O)c(-n2c3ccc(C(C)(C)C)cc3c3cc(C(C)(C)C)ccc32)c1. The summed E-state index contributed by atoms with van der Waals surface area (Å²) >= 11 is 0. The van der Waals surface area contributed by atoms with Crippen LogP contribution in [0, 0.1) is 22.5 Å². The van der Waals surface area contributed by atoms with Gasteiger partial charge in [-0.05, 0) is 199 Å². The molecule has 0 fully saturated rings. The average molecular weight is 1370 g/mol. The predicted octanol–water partition coefficient (Wildman–Crippen LogP) is 24.2. The van der Waals surface area contributed by atoms with Crippen LogP contribution in [0.3, 0.4) is 0 Å². The topological polar surface area (TPSA) is 68.8 Å². The molecule has 524 valence electrons. The fraction of sp³-hybridized carbons (Fsp3) is 0.348. The van der Waals surface area contributed by atoms with Gasteiger partial charge in [-0.15, -0.1) is 0 Å². The molecule has 0 radical (unpaired) electrons. The van der Waals surface area contributed by atoms with Gasteiger partial charge in [0.15, 0.2) is 0 Å². The molecule has 0 bridgehead atoms. The van der Waals surface area contributed by atoms with Crippen molar-refractivity contribution in [2.24, 2.45) is 10.8 Å². The third-order valence-corrected chi connectivity index (χ3v) is 23.6. The molecule has 12 rings (SSSR count). The van der Waals surface area contributed by atoms with Crippen molar-refractivity contribution in [1.29, 1.82) is 0 Å². The minimum absolute atomic E-state index is 0.0594. The second kappa shape index (κ2) is 25.2. The van der Waals surface area contributed by atoms with Gasteiger partial charge in [-0.3, -0.25) is 0 Å². The molecule has 0 aliphatic carbocycles. The first-order valence-electron chi connectivity index (χ1n) is 36.0. The zero-order valence-corrected chi connectivity index (χ0v) is 64.8. The molecule has 0 unspecified atom stereocenters. The maximum absolute atomic E-state index is 16.9. The molecule has 0 aliphatic rings. The number of aromatic nitrogens is 2. The summed E-state index contributed by atoms with van der Waals surface area (Å²) in [5.74, 6) is -0.683. The number of rotatable bonds is 14. The van der Waals surface area contributed by atoms with E-state index in [2.05, 4.69) is 246 Å². The van der Waals surface area contributed by atoms with Crippen LogP contribution in [0.25, 0.3) is 77.2 Å². The molecule has 0 spiro atoms. The monoisotopic (exact) mass is 1370 g/mol. The summed E-state index contributed by atoms with van der Waals surface area (Å²) in [5.41, 5.74) is 11.0. The van der Waals surface area contributed by atoms with Gasteiger partial charge >= 0.3 is 8.56 Å². The lowest BCUT2D eigenvalue weighted by Gasteiger charge is -2.35. The Kier molecular flexibility index (Phi) is 18.0. The lowest BCUT2D eigenvalue weighted by molar-refractivity contribution is 0.283. The van der Waals surface area contributed by atoms with Gasteiger partial charge in [-0.2, -0.15) is 0 Å². The Morgan fingerprint density at radius 2 is 0.604 bits per heavy atom. The third kappa shape index (κ3) is 14.0. The van der Waals surface area contributed by atoms with E-state index in [9.17, 15) is 10.2 Å². The molecule has 0 atom stereocenters. The summed E-state index contributed by atoms with van der Waals surface area (Å²) in [6.07, 6.45) is 1.56. The Labute approximate surface area is 600 Å². The van der Waals surface area contributed by atoms with Gasteiger partial charge in [-0.25, -0.2) is 8.78 Å². The largest absolute Gasteiger partial charge is 0.531 e. The molecule has 2 heterocycles. The molecule has 0 amide bonds. The van der Waals surface area contributed by atoms with Crippen LogP contribution in [0.4, 0.5) is 8.78 Å². The molecule has 6 nitrogen and oxygen atoms in total. The van der Waals surface area contributed by atoms with Crippen molar-refractivity contribution in [2.75, 3.05) is 0 Å². The first-order valence-corrected chi connectivity index (χ1v) is 37.8. The van der Waals surface area contributed by atoms with Crippen LogP contribution in [0.1, 0.15) is 199 Å². The van der Waals surface area contributed by atoms with Crippen LogP contribution in [0.15, 0.2) is 194 Å². The highest BCUT2D eigenvalue weighted by molar-refractivity contribution is 6.93. The standard InChI is InChI=1S/C92H104F2N2O4Si/c1-85(2,3)55-91(19,20)61-49-73(83(97)79(51-61)95-75-39-33-57(87(7,8)9)45-67(75)68-46-58(88(10,11)12)34-40-76(68)95)71-53-63(93)37-43-81(71)99-101(65-29-25-23-26-30-65,66-31-27-24-28-32-66)100-82-44-38-64(94)54-72(82)74-50-62(92(21,22)56-86(4,5)6)52-80(84(74)98)96-77-41-35-59(89(13,14)15)47-69(77)70-48-60(90(16,17)18)36-42-78(70)96/h23-54,97-98H,55-56H2,1-22H3. The number of hydrogen-bond acceptors (Lipinski definition) is 4. The molecule has 9 heteroatoms. The van der Waals surface area contributed by atoms with Crippen LogP contribution in [0.2, 0.25) is 0 Å². The Morgan fingerprint density at radius 3 is 0.871 bits per heavy atom.